The average molecular weight is 319 g/mol. The largest absolute Gasteiger partial charge is 0.265 e. The zero-order chi connectivity index (χ0) is 14.0. The molecule has 1 N–H and O–H groups in total. The minimum atomic E-state index is -3.79. The topological polar surface area (TPSA) is 76.9 Å². The van der Waals surface area contributed by atoms with Gasteiger partial charge in [-0.05, 0) is 18.4 Å². The van der Waals surface area contributed by atoms with Gasteiger partial charge in [0.15, 0.2) is 5.16 Å². The highest BCUT2D eigenvalue weighted by Crippen LogP contribution is 2.23. The molecule has 6 nitrogen and oxygen atoms in total. The third kappa shape index (κ3) is 3.02. The zero-order valence-electron chi connectivity index (χ0n) is 10.2. The van der Waals surface area contributed by atoms with E-state index in [1.807, 2.05) is 6.26 Å². The van der Waals surface area contributed by atoms with E-state index in [1.165, 1.54) is 28.6 Å². The van der Waals surface area contributed by atoms with E-state index >= 15 is 0 Å². The van der Waals surface area contributed by atoms with Crippen LogP contribution in [0.1, 0.15) is 0 Å². The second-order valence-corrected chi connectivity index (χ2v) is 6.41. The number of anilines is 1. The van der Waals surface area contributed by atoms with Crippen LogP contribution in [0.3, 0.4) is 0 Å². The monoisotopic (exact) mass is 318 g/mol. The summed E-state index contributed by atoms with van der Waals surface area (Å²) < 4.78 is 28.1. The molecule has 0 amide bonds. The maximum atomic E-state index is 12.1. The van der Waals surface area contributed by atoms with Crippen molar-refractivity contribution in [3.05, 3.63) is 29.3 Å². The van der Waals surface area contributed by atoms with Crippen LogP contribution in [0.25, 0.3) is 0 Å². The number of aromatic nitrogens is 3. The number of nitrogens with zero attached hydrogens (tertiary/aromatic N) is 3. The first kappa shape index (κ1) is 14.2. The molecule has 0 fully saturated rings. The van der Waals surface area contributed by atoms with Crippen molar-refractivity contribution in [2.75, 3.05) is 11.0 Å². The van der Waals surface area contributed by atoms with Crippen LogP contribution in [-0.2, 0) is 17.1 Å². The number of aryl methyl sites for hydroxylation is 1. The van der Waals surface area contributed by atoms with Gasteiger partial charge in [0.1, 0.15) is 4.90 Å². The summed E-state index contributed by atoms with van der Waals surface area (Å²) in [6.07, 6.45) is 1.83. The Morgan fingerprint density at radius 2 is 2.05 bits per heavy atom. The number of thioether (sulfide) groups is 1. The number of benzene rings is 1. The normalized spacial score (nSPS) is 11.5. The lowest BCUT2D eigenvalue weighted by Gasteiger charge is -2.05. The van der Waals surface area contributed by atoms with Gasteiger partial charge in [-0.2, -0.15) is 4.98 Å². The van der Waals surface area contributed by atoms with Gasteiger partial charge in [0.2, 0.25) is 0 Å². The van der Waals surface area contributed by atoms with Crippen LogP contribution in [0.5, 0.6) is 0 Å². The molecular weight excluding hydrogens is 308 g/mol. The van der Waals surface area contributed by atoms with E-state index in [0.29, 0.717) is 5.16 Å². The Hall–Kier alpha value is -1.25. The highest BCUT2D eigenvalue weighted by atomic mass is 35.5. The average Bonchev–Trinajstić information content (AvgIpc) is 2.68. The third-order valence-corrected chi connectivity index (χ3v) is 4.81. The molecule has 0 aliphatic rings. The van der Waals surface area contributed by atoms with E-state index in [2.05, 4.69) is 14.8 Å². The lowest BCUT2D eigenvalue weighted by molar-refractivity contribution is 0.600. The van der Waals surface area contributed by atoms with Crippen molar-refractivity contribution in [3.63, 3.8) is 0 Å². The van der Waals surface area contributed by atoms with Crippen molar-refractivity contribution in [1.82, 2.24) is 14.8 Å². The first-order chi connectivity index (χ1) is 8.94. The van der Waals surface area contributed by atoms with Crippen LogP contribution in [0.4, 0.5) is 5.95 Å². The number of halogens is 1. The van der Waals surface area contributed by atoms with Crippen molar-refractivity contribution >= 4 is 39.3 Å². The van der Waals surface area contributed by atoms with Gasteiger partial charge in [-0.1, -0.05) is 35.5 Å². The summed E-state index contributed by atoms with van der Waals surface area (Å²) in [5.74, 6) is 0.0202. The van der Waals surface area contributed by atoms with Crippen LogP contribution < -0.4 is 4.72 Å². The SMILES string of the molecule is CSc1nc(NS(=O)(=O)c2ccccc2Cl)nn1C. The first-order valence-electron chi connectivity index (χ1n) is 5.16. The number of hydrogen-bond donors (Lipinski definition) is 1. The molecule has 0 aliphatic carbocycles. The highest BCUT2D eigenvalue weighted by molar-refractivity contribution is 7.98. The van der Waals surface area contributed by atoms with Crippen LogP contribution in [-0.4, -0.2) is 29.4 Å². The van der Waals surface area contributed by atoms with Gasteiger partial charge < -0.3 is 0 Å². The summed E-state index contributed by atoms with van der Waals surface area (Å²) in [5.41, 5.74) is 0. The summed E-state index contributed by atoms with van der Waals surface area (Å²) >= 11 is 7.24. The summed E-state index contributed by atoms with van der Waals surface area (Å²) in [6.45, 7) is 0. The molecule has 2 aromatic rings. The highest BCUT2D eigenvalue weighted by Gasteiger charge is 2.20. The van der Waals surface area contributed by atoms with Crippen molar-refractivity contribution in [3.8, 4) is 0 Å². The molecule has 0 aliphatic heterocycles. The molecule has 0 bridgehead atoms. The van der Waals surface area contributed by atoms with Gasteiger partial charge >= 0.3 is 0 Å². The van der Waals surface area contributed by atoms with E-state index in [4.69, 9.17) is 11.6 Å². The molecule has 19 heavy (non-hydrogen) atoms. The van der Waals surface area contributed by atoms with Crippen molar-refractivity contribution < 1.29 is 8.42 Å². The van der Waals surface area contributed by atoms with Crippen LogP contribution in [0.2, 0.25) is 5.02 Å². The molecule has 2 rings (SSSR count). The Bertz CT molecular complexity index is 699. The predicted octanol–water partition coefficient (Wildman–Crippen LogP) is 1.99. The quantitative estimate of drug-likeness (QED) is 0.872. The first-order valence-corrected chi connectivity index (χ1v) is 8.25. The standard InChI is InChI=1S/C10H11ClN4O2S2/c1-15-10(18-2)12-9(13-15)14-19(16,17)8-6-4-3-5-7(8)11/h3-6H,1-2H3,(H,13,14). The van der Waals surface area contributed by atoms with Gasteiger partial charge in [0.25, 0.3) is 16.0 Å². The number of nitrogens with one attached hydrogen (secondary N) is 1. The Kier molecular flexibility index (Phi) is 4.02. The number of sulfonamides is 1. The second-order valence-electron chi connectivity index (χ2n) is 3.58. The summed E-state index contributed by atoms with van der Waals surface area (Å²) in [4.78, 5) is 4.05. The smallest absolute Gasteiger partial charge is 0.246 e. The Balaban J connectivity index is 2.34. The predicted molar refractivity (Wildman–Crippen MR) is 75.0 cm³/mol. The summed E-state index contributed by atoms with van der Waals surface area (Å²) in [7, 11) is -2.10. The Labute approximate surface area is 120 Å². The molecule has 1 aromatic carbocycles. The van der Waals surface area contributed by atoms with Gasteiger partial charge in [-0.25, -0.2) is 17.8 Å². The Morgan fingerprint density at radius 1 is 1.37 bits per heavy atom. The van der Waals surface area contributed by atoms with E-state index in [1.54, 1.807) is 19.2 Å². The fourth-order valence-electron chi connectivity index (χ4n) is 1.43. The molecule has 0 unspecified atom stereocenters. The molecule has 1 aromatic heterocycles. The van der Waals surface area contributed by atoms with Gasteiger partial charge in [-0.15, -0.1) is 5.10 Å². The molecule has 0 saturated heterocycles. The van der Waals surface area contributed by atoms with Crippen molar-refractivity contribution in [1.29, 1.82) is 0 Å². The fraction of sp³-hybridized carbons (Fsp3) is 0.200. The van der Waals surface area contributed by atoms with Gasteiger partial charge in [0.05, 0.1) is 5.02 Å². The van der Waals surface area contributed by atoms with Crippen LogP contribution in [0, 0.1) is 0 Å². The van der Waals surface area contributed by atoms with Crippen molar-refractivity contribution in [2.45, 2.75) is 10.1 Å². The molecule has 9 heteroatoms. The lowest BCUT2D eigenvalue weighted by Crippen LogP contribution is -2.14. The fourth-order valence-corrected chi connectivity index (χ4v) is 3.37. The van der Waals surface area contributed by atoms with Crippen LogP contribution in [0.15, 0.2) is 34.3 Å². The van der Waals surface area contributed by atoms with E-state index in [9.17, 15) is 8.42 Å². The molecule has 0 spiro atoms. The second kappa shape index (κ2) is 5.40. The molecule has 0 atom stereocenters. The third-order valence-electron chi connectivity index (χ3n) is 2.26. The van der Waals surface area contributed by atoms with E-state index in [-0.39, 0.29) is 15.9 Å². The molecule has 102 valence electrons. The maximum absolute atomic E-state index is 12.1. The minimum Gasteiger partial charge on any atom is -0.246 e. The van der Waals surface area contributed by atoms with E-state index < -0.39 is 10.0 Å². The number of rotatable bonds is 4. The summed E-state index contributed by atoms with van der Waals surface area (Å²) in [5, 5.41) is 4.73. The molecular formula is C10H11ClN4O2S2. The lowest BCUT2D eigenvalue weighted by atomic mass is 10.4. The van der Waals surface area contributed by atoms with Crippen molar-refractivity contribution in [2.24, 2.45) is 7.05 Å². The van der Waals surface area contributed by atoms with Crippen LogP contribution >= 0.6 is 23.4 Å². The zero-order valence-corrected chi connectivity index (χ0v) is 12.6. The summed E-state index contributed by atoms with van der Waals surface area (Å²) in [6, 6.07) is 6.18. The number of hydrogen-bond acceptors (Lipinski definition) is 5. The maximum Gasteiger partial charge on any atom is 0.265 e. The molecule has 0 saturated carbocycles. The Morgan fingerprint density at radius 3 is 2.63 bits per heavy atom. The van der Waals surface area contributed by atoms with Gasteiger partial charge in [0, 0.05) is 7.05 Å². The van der Waals surface area contributed by atoms with Gasteiger partial charge in [-0.3, -0.25) is 0 Å². The minimum absolute atomic E-state index is 0.00480. The van der Waals surface area contributed by atoms with E-state index in [0.717, 1.165) is 0 Å². The molecule has 1 heterocycles. The molecule has 0 radical (unpaired) electrons.